The summed E-state index contributed by atoms with van der Waals surface area (Å²) in [4.78, 5) is 34.6. The molecule has 0 saturated carbocycles. The highest BCUT2D eigenvalue weighted by Gasteiger charge is 2.16. The van der Waals surface area contributed by atoms with Crippen LogP contribution < -0.4 is 10.6 Å². The predicted octanol–water partition coefficient (Wildman–Crippen LogP) is 1.87. The first-order valence-electron chi connectivity index (χ1n) is 7.48. The molecule has 8 heteroatoms. The van der Waals surface area contributed by atoms with Crippen LogP contribution in [-0.4, -0.2) is 42.7 Å². The molecule has 0 aromatic heterocycles. The summed E-state index contributed by atoms with van der Waals surface area (Å²) in [6.45, 7) is 3.50. The molecule has 2 N–H and O–H groups in total. The van der Waals surface area contributed by atoms with Crippen LogP contribution in [0.5, 0.6) is 0 Å². The highest BCUT2D eigenvalue weighted by Crippen LogP contribution is 2.20. The van der Waals surface area contributed by atoms with Crippen LogP contribution in [0.3, 0.4) is 0 Å². The second-order valence-electron chi connectivity index (χ2n) is 4.92. The van der Waals surface area contributed by atoms with E-state index in [9.17, 15) is 14.4 Å². The lowest BCUT2D eigenvalue weighted by Gasteiger charge is -2.11. The van der Waals surface area contributed by atoms with Gasteiger partial charge in [-0.3, -0.25) is 14.4 Å². The van der Waals surface area contributed by atoms with Gasteiger partial charge in [-0.05, 0) is 31.5 Å². The fourth-order valence-electron chi connectivity index (χ4n) is 1.61. The quantitative estimate of drug-likeness (QED) is 0.600. The molecule has 0 bridgehead atoms. The molecular weight excluding hydrogens is 396 g/mol. The average Bonchev–Trinajstić information content (AvgIpc) is 2.57. The molecule has 132 valence electrons. The van der Waals surface area contributed by atoms with Crippen molar-refractivity contribution in [2.75, 3.05) is 19.7 Å². The van der Waals surface area contributed by atoms with Gasteiger partial charge in [-0.15, -0.1) is 11.8 Å². The van der Waals surface area contributed by atoms with Gasteiger partial charge in [0, 0.05) is 16.8 Å². The SMILES string of the molecule is CCNC(=O)CNC(=O)COC(=O)[C@@H](C)SCc1ccc(Br)cc1. The molecule has 24 heavy (non-hydrogen) atoms. The lowest BCUT2D eigenvalue weighted by Crippen LogP contribution is -2.39. The van der Waals surface area contributed by atoms with Crippen molar-refractivity contribution in [2.24, 2.45) is 0 Å². The van der Waals surface area contributed by atoms with Crippen molar-refractivity contribution in [3.05, 3.63) is 34.3 Å². The summed E-state index contributed by atoms with van der Waals surface area (Å²) < 4.78 is 5.96. The highest BCUT2D eigenvalue weighted by molar-refractivity contribution is 9.10. The third-order valence-electron chi connectivity index (χ3n) is 2.91. The van der Waals surface area contributed by atoms with Crippen LogP contribution in [0.4, 0.5) is 0 Å². The van der Waals surface area contributed by atoms with E-state index < -0.39 is 11.9 Å². The van der Waals surface area contributed by atoms with E-state index in [2.05, 4.69) is 26.6 Å². The summed E-state index contributed by atoms with van der Waals surface area (Å²) in [6, 6.07) is 7.84. The zero-order chi connectivity index (χ0) is 17.9. The molecule has 0 saturated heterocycles. The maximum atomic E-state index is 11.9. The Labute approximate surface area is 154 Å². The number of thioether (sulfide) groups is 1. The first kappa shape index (κ1) is 20.5. The normalized spacial score (nSPS) is 11.5. The van der Waals surface area contributed by atoms with Gasteiger partial charge in [0.15, 0.2) is 6.61 Å². The monoisotopic (exact) mass is 416 g/mol. The Hall–Kier alpha value is -1.54. The molecular formula is C16H21BrN2O4S. The van der Waals surface area contributed by atoms with Crippen molar-refractivity contribution < 1.29 is 19.1 Å². The predicted molar refractivity (Wildman–Crippen MR) is 97.6 cm³/mol. The number of carbonyl (C=O) groups excluding carboxylic acids is 3. The van der Waals surface area contributed by atoms with Gasteiger partial charge in [0.05, 0.1) is 11.8 Å². The Bertz CT molecular complexity index is 566. The van der Waals surface area contributed by atoms with Gasteiger partial charge >= 0.3 is 5.97 Å². The highest BCUT2D eigenvalue weighted by atomic mass is 79.9. The Morgan fingerprint density at radius 2 is 1.83 bits per heavy atom. The molecule has 1 aromatic rings. The Morgan fingerprint density at radius 1 is 1.17 bits per heavy atom. The number of hydrogen-bond acceptors (Lipinski definition) is 5. The van der Waals surface area contributed by atoms with Crippen LogP contribution in [0.15, 0.2) is 28.7 Å². The number of benzene rings is 1. The summed E-state index contributed by atoms with van der Waals surface area (Å²) >= 11 is 4.80. The van der Waals surface area contributed by atoms with Crippen molar-refractivity contribution in [2.45, 2.75) is 24.9 Å². The zero-order valence-electron chi connectivity index (χ0n) is 13.6. The zero-order valence-corrected chi connectivity index (χ0v) is 16.0. The van der Waals surface area contributed by atoms with E-state index in [1.54, 1.807) is 13.8 Å². The van der Waals surface area contributed by atoms with Gasteiger partial charge in [-0.25, -0.2) is 0 Å². The van der Waals surface area contributed by atoms with Crippen LogP contribution in [0.1, 0.15) is 19.4 Å². The van der Waals surface area contributed by atoms with Gasteiger partial charge in [-0.2, -0.15) is 0 Å². The van der Waals surface area contributed by atoms with E-state index in [4.69, 9.17) is 4.74 Å². The van der Waals surface area contributed by atoms with E-state index in [0.29, 0.717) is 12.3 Å². The number of nitrogens with one attached hydrogen (secondary N) is 2. The van der Waals surface area contributed by atoms with Crippen molar-refractivity contribution in [3.8, 4) is 0 Å². The second kappa shape index (κ2) is 11.1. The van der Waals surface area contributed by atoms with Gasteiger partial charge in [-0.1, -0.05) is 28.1 Å². The van der Waals surface area contributed by atoms with Crippen molar-refractivity contribution in [1.29, 1.82) is 0 Å². The lowest BCUT2D eigenvalue weighted by atomic mass is 10.2. The van der Waals surface area contributed by atoms with Crippen LogP contribution in [0.2, 0.25) is 0 Å². The summed E-state index contributed by atoms with van der Waals surface area (Å²) in [5.41, 5.74) is 1.10. The summed E-state index contributed by atoms with van der Waals surface area (Å²) in [6.07, 6.45) is 0. The molecule has 0 radical (unpaired) electrons. The van der Waals surface area contributed by atoms with Crippen molar-refractivity contribution in [3.63, 3.8) is 0 Å². The Morgan fingerprint density at radius 3 is 2.46 bits per heavy atom. The summed E-state index contributed by atoms with van der Waals surface area (Å²) in [5.74, 6) is -0.562. The maximum Gasteiger partial charge on any atom is 0.319 e. The molecule has 0 aliphatic rings. The fourth-order valence-corrected chi connectivity index (χ4v) is 2.72. The first-order chi connectivity index (χ1) is 11.4. The fraction of sp³-hybridized carbons (Fsp3) is 0.438. The largest absolute Gasteiger partial charge is 0.455 e. The van der Waals surface area contributed by atoms with Crippen LogP contribution in [0, 0.1) is 0 Å². The van der Waals surface area contributed by atoms with Gasteiger partial charge < -0.3 is 15.4 Å². The Balaban J connectivity index is 2.24. The lowest BCUT2D eigenvalue weighted by molar-refractivity contribution is -0.147. The van der Waals surface area contributed by atoms with Crippen molar-refractivity contribution in [1.82, 2.24) is 10.6 Å². The van der Waals surface area contributed by atoms with E-state index in [1.807, 2.05) is 24.3 Å². The minimum Gasteiger partial charge on any atom is -0.455 e. The van der Waals surface area contributed by atoms with E-state index >= 15 is 0 Å². The van der Waals surface area contributed by atoms with Gasteiger partial charge in [0.25, 0.3) is 5.91 Å². The minimum absolute atomic E-state index is 0.127. The van der Waals surface area contributed by atoms with E-state index in [1.165, 1.54) is 11.8 Å². The molecule has 0 aliphatic carbocycles. The molecule has 6 nitrogen and oxygen atoms in total. The first-order valence-corrected chi connectivity index (χ1v) is 9.32. The van der Waals surface area contributed by atoms with Gasteiger partial charge in [0.2, 0.25) is 5.91 Å². The smallest absolute Gasteiger partial charge is 0.319 e. The van der Waals surface area contributed by atoms with Gasteiger partial charge in [0.1, 0.15) is 0 Å². The maximum absolute atomic E-state index is 11.9. The molecule has 2 amide bonds. The standard InChI is InChI=1S/C16H21BrN2O4S/c1-3-18-14(20)8-19-15(21)9-23-16(22)11(2)24-10-12-4-6-13(17)7-5-12/h4-7,11H,3,8-10H2,1-2H3,(H,18,20)(H,19,21)/t11-/m1/s1. The average molecular weight is 417 g/mol. The van der Waals surface area contributed by atoms with Crippen LogP contribution in [0.25, 0.3) is 0 Å². The number of carbonyl (C=O) groups is 3. The molecule has 1 rings (SSSR count). The van der Waals surface area contributed by atoms with Crippen molar-refractivity contribution >= 4 is 45.5 Å². The molecule has 1 aromatic carbocycles. The number of amides is 2. The molecule has 0 aliphatic heterocycles. The second-order valence-corrected chi connectivity index (χ2v) is 7.16. The molecule has 0 heterocycles. The van der Waals surface area contributed by atoms with Crippen LogP contribution in [-0.2, 0) is 24.9 Å². The molecule has 0 fully saturated rings. The summed E-state index contributed by atoms with van der Waals surface area (Å²) in [7, 11) is 0. The minimum atomic E-state index is -0.500. The third kappa shape index (κ3) is 8.35. The number of halogens is 1. The van der Waals surface area contributed by atoms with E-state index in [-0.39, 0.29) is 24.3 Å². The van der Waals surface area contributed by atoms with Crippen LogP contribution >= 0.6 is 27.7 Å². The molecule has 0 spiro atoms. The number of ether oxygens (including phenoxy) is 1. The molecule has 0 unspecified atom stereocenters. The number of esters is 1. The summed E-state index contributed by atoms with van der Waals surface area (Å²) in [5, 5.41) is 4.55. The number of rotatable bonds is 9. The Kier molecular flexibility index (Phi) is 9.48. The number of hydrogen-bond donors (Lipinski definition) is 2. The molecule has 1 atom stereocenters. The van der Waals surface area contributed by atoms with E-state index in [0.717, 1.165) is 10.0 Å². The third-order valence-corrected chi connectivity index (χ3v) is 4.63. The number of likely N-dealkylation sites (N-methyl/N-ethyl adjacent to an activating group) is 1. The topological polar surface area (TPSA) is 84.5 Å².